The number of nitrogens with zero attached hydrogens (tertiary/aromatic N) is 8. The van der Waals surface area contributed by atoms with E-state index in [1.807, 2.05) is 28.0 Å². The maximum atomic E-state index is 12.9. The number of anilines is 4. The van der Waals surface area contributed by atoms with E-state index in [9.17, 15) is 4.79 Å². The monoisotopic (exact) mass is 550 g/mol. The molecule has 2 aliphatic rings. The third kappa shape index (κ3) is 6.06. The van der Waals surface area contributed by atoms with Gasteiger partial charge in [-0.15, -0.1) is 0 Å². The van der Waals surface area contributed by atoms with Crippen molar-refractivity contribution < 1.29 is 9.53 Å². The predicted molar refractivity (Wildman–Crippen MR) is 157 cm³/mol. The second-order valence-corrected chi connectivity index (χ2v) is 11.2. The number of amides is 2. The van der Waals surface area contributed by atoms with Gasteiger partial charge in [-0.05, 0) is 32.6 Å². The molecule has 40 heavy (non-hydrogen) atoms. The van der Waals surface area contributed by atoms with Gasteiger partial charge in [0, 0.05) is 76.1 Å². The Hall–Kier alpha value is -3.67. The molecule has 12 nitrogen and oxygen atoms in total. The van der Waals surface area contributed by atoms with Gasteiger partial charge in [-0.2, -0.15) is 15.1 Å². The summed E-state index contributed by atoms with van der Waals surface area (Å²) in [6.07, 6.45) is 5.99. The summed E-state index contributed by atoms with van der Waals surface area (Å²) in [5.74, 6) is 3.26. The first-order valence-corrected chi connectivity index (χ1v) is 14.4. The van der Waals surface area contributed by atoms with Crippen LogP contribution in [0.5, 0.6) is 0 Å². The summed E-state index contributed by atoms with van der Waals surface area (Å²) in [4.78, 5) is 34.0. The molecule has 2 amide bonds. The van der Waals surface area contributed by atoms with Gasteiger partial charge in [-0.1, -0.05) is 13.8 Å². The highest BCUT2D eigenvalue weighted by Crippen LogP contribution is 2.29. The third-order valence-corrected chi connectivity index (χ3v) is 7.69. The molecule has 2 N–H and O–H groups in total. The van der Waals surface area contributed by atoms with E-state index in [1.165, 1.54) is 0 Å². The lowest BCUT2D eigenvalue weighted by molar-refractivity contribution is 0.139. The van der Waals surface area contributed by atoms with E-state index in [4.69, 9.17) is 14.7 Å². The minimum Gasteiger partial charge on any atom is -0.383 e. The number of hydrogen-bond donors (Lipinski definition) is 2. The van der Waals surface area contributed by atoms with Crippen LogP contribution in [-0.2, 0) is 4.74 Å². The fourth-order valence-corrected chi connectivity index (χ4v) is 5.48. The van der Waals surface area contributed by atoms with Crippen LogP contribution < -0.4 is 20.4 Å². The molecule has 0 bridgehead atoms. The molecule has 0 spiro atoms. The highest BCUT2D eigenvalue weighted by atomic mass is 16.5. The Morgan fingerprint density at radius 2 is 1.77 bits per heavy atom. The van der Waals surface area contributed by atoms with Crippen LogP contribution in [0.25, 0.3) is 10.9 Å². The average Bonchev–Trinajstić information content (AvgIpc) is 3.63. The van der Waals surface area contributed by atoms with E-state index in [-0.39, 0.29) is 24.0 Å². The number of carbonyl (C=O) groups excluding carboxylic acids is 1. The van der Waals surface area contributed by atoms with Crippen molar-refractivity contribution in [3.05, 3.63) is 24.5 Å². The topological polar surface area (TPSA) is 117 Å². The minimum atomic E-state index is -0.0414. The molecule has 0 aromatic carbocycles. The van der Waals surface area contributed by atoms with Gasteiger partial charge in [0.1, 0.15) is 17.5 Å². The number of carbonyl (C=O) groups is 1. The van der Waals surface area contributed by atoms with Gasteiger partial charge >= 0.3 is 6.03 Å². The quantitative estimate of drug-likeness (QED) is 0.385. The Bertz CT molecular complexity index is 1300. The first kappa shape index (κ1) is 27.9. The Morgan fingerprint density at radius 1 is 1.02 bits per heavy atom. The van der Waals surface area contributed by atoms with Gasteiger partial charge in [-0.3, -0.25) is 4.68 Å². The lowest BCUT2D eigenvalue weighted by Crippen LogP contribution is -2.59. The van der Waals surface area contributed by atoms with Crippen LogP contribution in [0.4, 0.5) is 28.2 Å². The zero-order valence-corrected chi connectivity index (χ0v) is 24.3. The molecule has 5 rings (SSSR count). The van der Waals surface area contributed by atoms with Crippen molar-refractivity contribution in [1.29, 1.82) is 0 Å². The summed E-state index contributed by atoms with van der Waals surface area (Å²) in [6.45, 7) is 13.5. The maximum Gasteiger partial charge on any atom is 0.317 e. The van der Waals surface area contributed by atoms with Gasteiger partial charge in [0.2, 0.25) is 5.95 Å². The molecule has 2 aliphatic heterocycles. The molecule has 0 radical (unpaired) electrons. The van der Waals surface area contributed by atoms with Crippen LogP contribution in [0.15, 0.2) is 24.5 Å². The van der Waals surface area contributed by atoms with Crippen LogP contribution in [0.2, 0.25) is 0 Å². The first-order chi connectivity index (χ1) is 19.3. The minimum absolute atomic E-state index is 0.0414. The highest BCUT2D eigenvalue weighted by Gasteiger charge is 2.33. The van der Waals surface area contributed by atoms with Crippen LogP contribution in [0.3, 0.4) is 0 Å². The zero-order valence-electron chi connectivity index (χ0n) is 24.3. The summed E-state index contributed by atoms with van der Waals surface area (Å²) in [5.41, 5.74) is 1.02. The molecule has 1 atom stereocenters. The fraction of sp³-hybridized carbons (Fsp3) is 0.607. The van der Waals surface area contributed by atoms with Gasteiger partial charge in [0.15, 0.2) is 0 Å². The van der Waals surface area contributed by atoms with Crippen molar-refractivity contribution in [3.63, 3.8) is 0 Å². The Balaban J connectivity index is 1.41. The van der Waals surface area contributed by atoms with E-state index in [1.54, 1.807) is 7.11 Å². The second kappa shape index (κ2) is 12.2. The summed E-state index contributed by atoms with van der Waals surface area (Å²) in [7, 11) is 1.64. The number of fused-ring (bicyclic) bond motifs is 1. The largest absolute Gasteiger partial charge is 0.383 e. The van der Waals surface area contributed by atoms with E-state index < -0.39 is 0 Å². The smallest absolute Gasteiger partial charge is 0.317 e. The number of nitrogens with one attached hydrogen (secondary N) is 2. The molecule has 12 heteroatoms. The zero-order chi connectivity index (χ0) is 28.2. The van der Waals surface area contributed by atoms with Crippen LogP contribution in [0.1, 0.15) is 46.6 Å². The van der Waals surface area contributed by atoms with E-state index in [0.717, 1.165) is 48.5 Å². The number of rotatable bonds is 9. The molecule has 216 valence electrons. The van der Waals surface area contributed by atoms with Crippen molar-refractivity contribution in [3.8, 4) is 0 Å². The number of ether oxygens (including phenoxy) is 1. The van der Waals surface area contributed by atoms with Crippen molar-refractivity contribution >= 4 is 40.3 Å². The third-order valence-electron chi connectivity index (χ3n) is 7.69. The summed E-state index contributed by atoms with van der Waals surface area (Å²) in [5, 5.41) is 11.9. The van der Waals surface area contributed by atoms with Gasteiger partial charge < -0.3 is 30.1 Å². The summed E-state index contributed by atoms with van der Waals surface area (Å²) >= 11 is 0. The standard InChI is InChI=1S/C28H42N10O2/c1-19(2)23-18-36(11-12-37(23)28(39)29-8-13-40-5)26-15-25(35-9-6-7-10-35)33-27(34-26)32-24-14-22-21(16-30-24)17-31-38(22)20(3)4/h14-17,19-20,23H,6-13,18H2,1-5H3,(H,29,39)(H,30,32,33,34). The van der Waals surface area contributed by atoms with Crippen LogP contribution in [-0.4, -0.2) is 94.7 Å². The SMILES string of the molecule is COCCNC(=O)N1CCN(c2cc(N3CCCC3)nc(Nc3cc4c(cn3)cnn4C(C)C)n2)CC1C(C)C. The number of urea groups is 1. The average molecular weight is 551 g/mol. The Morgan fingerprint density at radius 3 is 2.48 bits per heavy atom. The first-order valence-electron chi connectivity index (χ1n) is 14.4. The number of piperazine rings is 1. The Kier molecular flexibility index (Phi) is 8.53. The second-order valence-electron chi connectivity index (χ2n) is 11.2. The van der Waals surface area contributed by atoms with Crippen LogP contribution in [0, 0.1) is 5.92 Å². The van der Waals surface area contributed by atoms with Crippen molar-refractivity contribution in [2.24, 2.45) is 5.92 Å². The number of hydrogen-bond acceptors (Lipinski definition) is 9. The molecule has 5 heterocycles. The normalized spacial score (nSPS) is 17.9. The molecular weight excluding hydrogens is 508 g/mol. The lowest BCUT2D eigenvalue weighted by Gasteiger charge is -2.43. The maximum absolute atomic E-state index is 12.9. The van der Waals surface area contributed by atoms with Gasteiger partial charge in [0.25, 0.3) is 0 Å². The summed E-state index contributed by atoms with van der Waals surface area (Å²) < 4.78 is 7.09. The summed E-state index contributed by atoms with van der Waals surface area (Å²) in [6, 6.07) is 4.35. The van der Waals surface area contributed by atoms with Crippen molar-refractivity contribution in [2.75, 3.05) is 68.1 Å². The molecule has 3 aromatic heterocycles. The molecule has 1 unspecified atom stereocenters. The Labute approximate surface area is 236 Å². The molecule has 0 saturated carbocycles. The number of methoxy groups -OCH3 is 1. The predicted octanol–water partition coefficient (Wildman–Crippen LogP) is 3.65. The van der Waals surface area contributed by atoms with Crippen LogP contribution >= 0.6 is 0 Å². The van der Waals surface area contributed by atoms with Crippen molar-refractivity contribution in [1.82, 2.24) is 34.9 Å². The number of pyridine rings is 1. The lowest BCUT2D eigenvalue weighted by atomic mass is 10.00. The molecule has 2 saturated heterocycles. The number of aromatic nitrogens is 5. The van der Waals surface area contributed by atoms with Gasteiger partial charge in [0.05, 0.1) is 24.4 Å². The van der Waals surface area contributed by atoms with Gasteiger partial charge in [-0.25, -0.2) is 9.78 Å². The molecule has 2 fully saturated rings. The molecule has 3 aromatic rings. The molecular formula is C28H42N10O2. The highest BCUT2D eigenvalue weighted by molar-refractivity contribution is 5.81. The fourth-order valence-electron chi connectivity index (χ4n) is 5.48. The molecule has 0 aliphatic carbocycles. The van der Waals surface area contributed by atoms with E-state index in [2.05, 4.69) is 64.3 Å². The van der Waals surface area contributed by atoms with E-state index >= 15 is 0 Å². The van der Waals surface area contributed by atoms with Crippen molar-refractivity contribution in [2.45, 2.75) is 52.6 Å². The van der Waals surface area contributed by atoms with E-state index in [0.29, 0.717) is 44.6 Å².